The van der Waals surface area contributed by atoms with Crippen molar-refractivity contribution in [2.24, 2.45) is 5.92 Å². The fourth-order valence-electron chi connectivity index (χ4n) is 3.65. The first-order valence-electron chi connectivity index (χ1n) is 10.2. The van der Waals surface area contributed by atoms with E-state index in [-0.39, 0.29) is 23.6 Å². The van der Waals surface area contributed by atoms with Gasteiger partial charge in [-0.15, -0.1) is 0 Å². The van der Waals surface area contributed by atoms with Crippen molar-refractivity contribution in [3.05, 3.63) is 58.9 Å². The predicted octanol–water partition coefficient (Wildman–Crippen LogP) is 4.00. The summed E-state index contributed by atoms with van der Waals surface area (Å²) in [6.07, 6.45) is 8.42. The summed E-state index contributed by atoms with van der Waals surface area (Å²) in [5.74, 6) is 1.24. The fourth-order valence-corrected chi connectivity index (χ4v) is 3.90. The molecule has 1 aliphatic rings. The third-order valence-electron chi connectivity index (χ3n) is 5.68. The minimum atomic E-state index is 0.0797. The van der Waals surface area contributed by atoms with Gasteiger partial charge in [0.05, 0.1) is 0 Å². The van der Waals surface area contributed by atoms with Crippen LogP contribution in [-0.4, -0.2) is 47.6 Å². The molecule has 0 spiro atoms. The molecule has 6 heteroatoms. The molecular weight excluding hydrogens is 386 g/mol. The number of phenolic OH excluding ortho intramolecular Hbond substituents is 1. The van der Waals surface area contributed by atoms with Crippen molar-refractivity contribution < 1.29 is 9.90 Å². The second-order valence-electron chi connectivity index (χ2n) is 8.26. The molecule has 3 rings (SSSR count). The van der Waals surface area contributed by atoms with E-state index in [1.165, 1.54) is 18.4 Å². The fraction of sp³-hybridized carbons (Fsp3) is 0.478. The maximum atomic E-state index is 12.7. The van der Waals surface area contributed by atoms with E-state index in [4.69, 9.17) is 11.6 Å². The molecule has 29 heavy (non-hydrogen) atoms. The number of nitrogens with zero attached hydrogens (tertiary/aromatic N) is 2. The Morgan fingerprint density at radius 2 is 2.00 bits per heavy atom. The van der Waals surface area contributed by atoms with Gasteiger partial charge in [-0.3, -0.25) is 9.78 Å². The van der Waals surface area contributed by atoms with Crippen molar-refractivity contribution in [2.75, 3.05) is 20.6 Å². The standard InChI is InChI=1S/C23H30ClN3O2/c1-27(2)20(12-18-5-6-21(28)14-22(18)24)15-26-23(29)13-19(11-16-3-4-16)17-7-9-25-10-8-17/h5-10,14,16,19-20,28H,3-4,11-13,15H2,1-2H3,(H,26,29)/t19-,20+/m1/s1. The summed E-state index contributed by atoms with van der Waals surface area (Å²) in [4.78, 5) is 18.9. The number of likely N-dealkylation sites (N-methyl/N-ethyl adjacent to an activating group) is 1. The quantitative estimate of drug-likeness (QED) is 0.615. The van der Waals surface area contributed by atoms with Gasteiger partial charge in [0, 0.05) is 36.4 Å². The molecule has 0 unspecified atom stereocenters. The van der Waals surface area contributed by atoms with Crippen LogP contribution < -0.4 is 5.32 Å². The maximum Gasteiger partial charge on any atom is 0.220 e. The Hall–Kier alpha value is -2.11. The SMILES string of the molecule is CN(C)[C@H](CNC(=O)C[C@@H](CC1CC1)c1ccncc1)Cc1ccc(O)cc1Cl. The molecule has 1 fully saturated rings. The van der Waals surface area contributed by atoms with Crippen molar-refractivity contribution in [3.63, 3.8) is 0 Å². The molecule has 1 saturated carbocycles. The Labute approximate surface area is 178 Å². The zero-order chi connectivity index (χ0) is 20.8. The minimum absolute atomic E-state index is 0.0797. The Bertz CT molecular complexity index is 809. The van der Waals surface area contributed by atoms with Gasteiger partial charge in [0.1, 0.15) is 5.75 Å². The second kappa shape index (κ2) is 10.1. The first-order valence-corrected chi connectivity index (χ1v) is 10.6. The lowest BCUT2D eigenvalue weighted by atomic mass is 9.91. The zero-order valence-electron chi connectivity index (χ0n) is 17.1. The number of aromatic nitrogens is 1. The number of carbonyl (C=O) groups is 1. The number of pyridine rings is 1. The molecule has 5 nitrogen and oxygen atoms in total. The Morgan fingerprint density at radius 3 is 2.62 bits per heavy atom. The molecule has 1 aromatic heterocycles. The lowest BCUT2D eigenvalue weighted by molar-refractivity contribution is -0.121. The molecule has 1 amide bonds. The number of rotatable bonds is 10. The monoisotopic (exact) mass is 415 g/mol. The predicted molar refractivity (Wildman–Crippen MR) is 116 cm³/mol. The second-order valence-corrected chi connectivity index (χ2v) is 8.67. The van der Waals surface area contributed by atoms with Crippen LogP contribution in [-0.2, 0) is 11.2 Å². The van der Waals surface area contributed by atoms with E-state index < -0.39 is 0 Å². The van der Waals surface area contributed by atoms with Crippen molar-refractivity contribution in [2.45, 2.75) is 44.1 Å². The van der Waals surface area contributed by atoms with Gasteiger partial charge in [0.2, 0.25) is 5.91 Å². The number of halogens is 1. The van der Waals surface area contributed by atoms with Gasteiger partial charge < -0.3 is 15.3 Å². The molecule has 0 radical (unpaired) electrons. The lowest BCUT2D eigenvalue weighted by Crippen LogP contribution is -2.42. The van der Waals surface area contributed by atoms with E-state index >= 15 is 0 Å². The van der Waals surface area contributed by atoms with E-state index in [0.717, 1.165) is 17.9 Å². The summed E-state index contributed by atoms with van der Waals surface area (Å²) in [6, 6.07) is 9.20. The van der Waals surface area contributed by atoms with Crippen LogP contribution in [0.4, 0.5) is 0 Å². The summed E-state index contributed by atoms with van der Waals surface area (Å²) in [7, 11) is 4.00. The zero-order valence-corrected chi connectivity index (χ0v) is 17.9. The average molecular weight is 416 g/mol. The van der Waals surface area contributed by atoms with Crippen LogP contribution >= 0.6 is 11.6 Å². The number of carbonyl (C=O) groups excluding carboxylic acids is 1. The van der Waals surface area contributed by atoms with Gasteiger partial charge in [-0.25, -0.2) is 0 Å². The number of hydrogen-bond donors (Lipinski definition) is 2. The highest BCUT2D eigenvalue weighted by atomic mass is 35.5. The summed E-state index contributed by atoms with van der Waals surface area (Å²) in [6.45, 7) is 0.551. The van der Waals surface area contributed by atoms with Crippen LogP contribution in [0.25, 0.3) is 0 Å². The molecule has 2 N–H and O–H groups in total. The number of phenols is 1. The molecule has 2 atom stereocenters. The molecule has 1 heterocycles. The van der Waals surface area contributed by atoms with E-state index in [0.29, 0.717) is 24.4 Å². The number of aromatic hydroxyl groups is 1. The highest BCUT2D eigenvalue weighted by molar-refractivity contribution is 6.31. The van der Waals surface area contributed by atoms with Crippen LogP contribution in [0, 0.1) is 5.92 Å². The number of amides is 1. The molecular formula is C23H30ClN3O2. The largest absolute Gasteiger partial charge is 0.508 e. The Morgan fingerprint density at radius 1 is 1.28 bits per heavy atom. The highest BCUT2D eigenvalue weighted by Crippen LogP contribution is 2.39. The maximum absolute atomic E-state index is 12.7. The van der Waals surface area contributed by atoms with Crippen LogP contribution in [0.15, 0.2) is 42.7 Å². The Kier molecular flexibility index (Phi) is 7.51. The van der Waals surface area contributed by atoms with Crippen LogP contribution in [0.3, 0.4) is 0 Å². The summed E-state index contributed by atoms with van der Waals surface area (Å²) in [5.41, 5.74) is 2.16. The van der Waals surface area contributed by atoms with Gasteiger partial charge in [-0.2, -0.15) is 0 Å². The van der Waals surface area contributed by atoms with Crippen LogP contribution in [0.5, 0.6) is 5.75 Å². The third kappa shape index (κ3) is 6.72. The molecule has 0 aliphatic heterocycles. The van der Waals surface area contributed by atoms with Crippen LogP contribution in [0.2, 0.25) is 5.02 Å². The molecule has 2 aromatic rings. The van der Waals surface area contributed by atoms with Crippen molar-refractivity contribution in [3.8, 4) is 5.75 Å². The van der Waals surface area contributed by atoms with E-state index in [9.17, 15) is 9.90 Å². The molecule has 1 aliphatic carbocycles. The first kappa shape index (κ1) is 21.6. The van der Waals surface area contributed by atoms with Crippen molar-refractivity contribution in [1.82, 2.24) is 15.2 Å². The van der Waals surface area contributed by atoms with E-state index in [2.05, 4.69) is 15.2 Å². The first-order chi connectivity index (χ1) is 13.9. The normalized spacial score (nSPS) is 15.9. The number of hydrogen-bond acceptors (Lipinski definition) is 4. The van der Waals surface area contributed by atoms with Gasteiger partial charge in [-0.1, -0.05) is 30.5 Å². The molecule has 0 bridgehead atoms. The smallest absolute Gasteiger partial charge is 0.220 e. The average Bonchev–Trinajstić information content (AvgIpc) is 3.50. The number of benzene rings is 1. The molecule has 1 aromatic carbocycles. The topological polar surface area (TPSA) is 65.5 Å². The number of nitrogens with one attached hydrogen (secondary N) is 1. The van der Waals surface area contributed by atoms with Gasteiger partial charge in [-0.05, 0) is 74.2 Å². The summed E-state index contributed by atoms with van der Waals surface area (Å²) < 4.78 is 0. The Balaban J connectivity index is 1.57. The van der Waals surface area contributed by atoms with Gasteiger partial charge in [0.15, 0.2) is 0 Å². The highest BCUT2D eigenvalue weighted by Gasteiger charge is 2.28. The van der Waals surface area contributed by atoms with Gasteiger partial charge in [0.25, 0.3) is 0 Å². The summed E-state index contributed by atoms with van der Waals surface area (Å²) in [5, 5.41) is 13.2. The molecule has 0 saturated heterocycles. The van der Waals surface area contributed by atoms with Gasteiger partial charge >= 0.3 is 0 Å². The summed E-state index contributed by atoms with van der Waals surface area (Å²) >= 11 is 6.26. The molecule has 156 valence electrons. The van der Waals surface area contributed by atoms with Crippen molar-refractivity contribution in [1.29, 1.82) is 0 Å². The third-order valence-corrected chi connectivity index (χ3v) is 6.03. The minimum Gasteiger partial charge on any atom is -0.508 e. The van der Waals surface area contributed by atoms with Crippen LogP contribution in [0.1, 0.15) is 42.7 Å². The lowest BCUT2D eigenvalue weighted by Gasteiger charge is -2.26. The van der Waals surface area contributed by atoms with E-state index in [1.807, 2.05) is 32.3 Å². The van der Waals surface area contributed by atoms with E-state index in [1.54, 1.807) is 24.5 Å². The van der Waals surface area contributed by atoms with Crippen molar-refractivity contribution >= 4 is 17.5 Å².